The van der Waals surface area contributed by atoms with Crippen molar-refractivity contribution in [1.82, 2.24) is 19.8 Å². The SMILES string of the molecule is CCCN(CC)CCNS(=O)(=O)c1nnc(N)s1. The molecule has 1 aromatic heterocycles. The topological polar surface area (TPSA) is 101 Å². The third-order valence-corrected chi connectivity index (χ3v) is 4.94. The first-order valence-corrected chi connectivity index (χ1v) is 8.10. The highest BCUT2D eigenvalue weighted by Crippen LogP contribution is 2.16. The van der Waals surface area contributed by atoms with E-state index in [1.54, 1.807) is 0 Å². The summed E-state index contributed by atoms with van der Waals surface area (Å²) in [4.78, 5) is 2.18. The van der Waals surface area contributed by atoms with Crippen LogP contribution in [0.3, 0.4) is 0 Å². The van der Waals surface area contributed by atoms with Gasteiger partial charge in [-0.15, -0.1) is 10.2 Å². The second-order valence-electron chi connectivity index (χ2n) is 3.74. The summed E-state index contributed by atoms with van der Waals surface area (Å²) in [6.07, 6.45) is 1.05. The highest BCUT2D eigenvalue weighted by atomic mass is 32.2. The molecule has 0 saturated heterocycles. The number of nitrogens with one attached hydrogen (secondary N) is 1. The van der Waals surface area contributed by atoms with E-state index in [-0.39, 0.29) is 9.47 Å². The minimum absolute atomic E-state index is 0.0847. The quantitative estimate of drug-likeness (QED) is 0.706. The van der Waals surface area contributed by atoms with Crippen LogP contribution in [0.1, 0.15) is 20.3 Å². The maximum Gasteiger partial charge on any atom is 0.269 e. The number of hydrogen-bond donors (Lipinski definition) is 2. The second kappa shape index (κ2) is 6.98. The lowest BCUT2D eigenvalue weighted by molar-refractivity contribution is 0.293. The normalized spacial score (nSPS) is 12.2. The molecule has 3 N–H and O–H groups in total. The Balaban J connectivity index is 2.47. The van der Waals surface area contributed by atoms with Crippen LogP contribution in [-0.4, -0.2) is 49.7 Å². The Morgan fingerprint density at radius 3 is 2.56 bits per heavy atom. The number of anilines is 1. The second-order valence-corrected chi connectivity index (χ2v) is 6.69. The maximum atomic E-state index is 11.8. The lowest BCUT2D eigenvalue weighted by atomic mass is 10.4. The average molecular weight is 293 g/mol. The third kappa shape index (κ3) is 4.48. The molecule has 104 valence electrons. The summed E-state index contributed by atoms with van der Waals surface area (Å²) in [5.41, 5.74) is 5.36. The molecule has 0 radical (unpaired) electrons. The summed E-state index contributed by atoms with van der Waals surface area (Å²) in [5, 5.41) is 7.16. The van der Waals surface area contributed by atoms with Gasteiger partial charge in [0, 0.05) is 13.1 Å². The van der Waals surface area contributed by atoms with Gasteiger partial charge in [-0.1, -0.05) is 25.2 Å². The zero-order valence-electron chi connectivity index (χ0n) is 10.6. The molecule has 0 bridgehead atoms. The van der Waals surface area contributed by atoms with Crippen LogP contribution in [0.5, 0.6) is 0 Å². The van der Waals surface area contributed by atoms with Crippen LogP contribution >= 0.6 is 11.3 Å². The predicted octanol–water partition coefficient (Wildman–Crippen LogP) is 0.131. The number of nitrogen functional groups attached to an aromatic ring is 1. The Hall–Kier alpha value is -0.770. The number of rotatable bonds is 8. The molecule has 7 nitrogen and oxygen atoms in total. The van der Waals surface area contributed by atoms with Gasteiger partial charge >= 0.3 is 0 Å². The Bertz CT molecular complexity index is 459. The lowest BCUT2D eigenvalue weighted by Crippen LogP contribution is -2.35. The van der Waals surface area contributed by atoms with E-state index in [0.29, 0.717) is 13.1 Å². The van der Waals surface area contributed by atoms with Crippen LogP contribution in [0, 0.1) is 0 Å². The Morgan fingerprint density at radius 1 is 1.33 bits per heavy atom. The van der Waals surface area contributed by atoms with E-state index >= 15 is 0 Å². The molecule has 1 rings (SSSR count). The van der Waals surface area contributed by atoms with Crippen LogP contribution < -0.4 is 10.5 Å². The Kier molecular flexibility index (Phi) is 5.93. The Morgan fingerprint density at radius 2 is 2.06 bits per heavy atom. The van der Waals surface area contributed by atoms with Gasteiger partial charge in [0.05, 0.1) is 0 Å². The standard InChI is InChI=1S/C9H19N5O2S2/c1-3-6-14(4-2)7-5-11-18(15,16)9-13-12-8(10)17-9/h11H,3-7H2,1-2H3,(H2,10,12). The van der Waals surface area contributed by atoms with Crippen molar-refractivity contribution < 1.29 is 8.42 Å². The van der Waals surface area contributed by atoms with Crippen molar-refractivity contribution in [3.05, 3.63) is 0 Å². The number of sulfonamides is 1. The molecule has 0 unspecified atom stereocenters. The summed E-state index contributed by atoms with van der Waals surface area (Å²) < 4.78 is 26.0. The molecular weight excluding hydrogens is 274 g/mol. The molecule has 1 heterocycles. The molecule has 0 amide bonds. The van der Waals surface area contributed by atoms with Crippen LogP contribution in [0.15, 0.2) is 4.34 Å². The van der Waals surface area contributed by atoms with Gasteiger partial charge in [0.15, 0.2) is 0 Å². The third-order valence-electron chi connectivity index (χ3n) is 2.36. The van der Waals surface area contributed by atoms with E-state index in [4.69, 9.17) is 5.73 Å². The average Bonchev–Trinajstić information content (AvgIpc) is 2.75. The van der Waals surface area contributed by atoms with Gasteiger partial charge in [-0.25, -0.2) is 13.1 Å². The van der Waals surface area contributed by atoms with Gasteiger partial charge in [0.2, 0.25) is 9.47 Å². The van der Waals surface area contributed by atoms with Crippen LogP contribution in [0.25, 0.3) is 0 Å². The molecule has 0 spiro atoms. The number of nitrogens with two attached hydrogens (primary N) is 1. The zero-order chi connectivity index (χ0) is 13.6. The van der Waals surface area contributed by atoms with Gasteiger partial charge < -0.3 is 10.6 Å². The minimum atomic E-state index is -3.57. The van der Waals surface area contributed by atoms with Crippen molar-refractivity contribution in [2.75, 3.05) is 31.9 Å². The highest BCUT2D eigenvalue weighted by molar-refractivity contribution is 7.91. The molecular formula is C9H19N5O2S2. The molecule has 9 heteroatoms. The zero-order valence-corrected chi connectivity index (χ0v) is 12.2. The monoisotopic (exact) mass is 293 g/mol. The van der Waals surface area contributed by atoms with Crippen LogP contribution in [0.4, 0.5) is 5.13 Å². The van der Waals surface area contributed by atoms with Crippen LogP contribution in [0.2, 0.25) is 0 Å². The minimum Gasteiger partial charge on any atom is -0.374 e. The molecule has 18 heavy (non-hydrogen) atoms. The molecule has 0 aromatic carbocycles. The van der Waals surface area contributed by atoms with Crippen molar-refractivity contribution in [1.29, 1.82) is 0 Å². The van der Waals surface area contributed by atoms with Crippen molar-refractivity contribution >= 4 is 26.5 Å². The lowest BCUT2D eigenvalue weighted by Gasteiger charge is -2.19. The van der Waals surface area contributed by atoms with E-state index < -0.39 is 10.0 Å². The van der Waals surface area contributed by atoms with Gasteiger partial charge in [-0.05, 0) is 19.5 Å². The molecule has 0 saturated carbocycles. The van der Waals surface area contributed by atoms with E-state index in [0.717, 1.165) is 30.8 Å². The first-order chi connectivity index (χ1) is 8.49. The number of hydrogen-bond acceptors (Lipinski definition) is 7. The van der Waals surface area contributed by atoms with Crippen LogP contribution in [-0.2, 0) is 10.0 Å². The van der Waals surface area contributed by atoms with Gasteiger partial charge in [-0.3, -0.25) is 0 Å². The predicted molar refractivity (Wildman–Crippen MR) is 71.9 cm³/mol. The van der Waals surface area contributed by atoms with Gasteiger partial charge in [-0.2, -0.15) is 0 Å². The largest absolute Gasteiger partial charge is 0.374 e. The maximum absolute atomic E-state index is 11.8. The van der Waals surface area contributed by atoms with Crippen molar-refractivity contribution in [2.45, 2.75) is 24.6 Å². The smallest absolute Gasteiger partial charge is 0.269 e. The summed E-state index contributed by atoms with van der Waals surface area (Å²) >= 11 is 0.861. The summed E-state index contributed by atoms with van der Waals surface area (Å²) in [6, 6.07) is 0. The molecule has 1 aromatic rings. The first-order valence-electron chi connectivity index (χ1n) is 5.80. The number of likely N-dealkylation sites (N-methyl/N-ethyl adjacent to an activating group) is 1. The molecule has 0 atom stereocenters. The fourth-order valence-corrected chi connectivity index (χ4v) is 3.32. The van der Waals surface area contributed by atoms with Gasteiger partial charge in [0.25, 0.3) is 10.0 Å². The summed E-state index contributed by atoms with van der Waals surface area (Å²) in [7, 11) is -3.57. The van der Waals surface area contributed by atoms with Crippen molar-refractivity contribution in [3.8, 4) is 0 Å². The first kappa shape index (κ1) is 15.3. The summed E-state index contributed by atoms with van der Waals surface area (Å²) in [6.45, 7) is 7.05. The fraction of sp³-hybridized carbons (Fsp3) is 0.778. The highest BCUT2D eigenvalue weighted by Gasteiger charge is 2.19. The molecule has 0 aliphatic rings. The van der Waals surface area contributed by atoms with E-state index in [1.807, 2.05) is 0 Å². The van der Waals surface area contributed by atoms with E-state index in [1.165, 1.54) is 0 Å². The molecule has 0 fully saturated rings. The summed E-state index contributed by atoms with van der Waals surface area (Å²) in [5.74, 6) is 0. The van der Waals surface area contributed by atoms with Crippen molar-refractivity contribution in [2.24, 2.45) is 0 Å². The molecule has 0 aliphatic carbocycles. The fourth-order valence-electron chi connectivity index (χ4n) is 1.47. The van der Waals surface area contributed by atoms with Gasteiger partial charge in [0.1, 0.15) is 0 Å². The number of nitrogens with zero attached hydrogens (tertiary/aromatic N) is 3. The Labute approximate surface area is 111 Å². The number of aromatic nitrogens is 2. The van der Waals surface area contributed by atoms with Crippen molar-refractivity contribution in [3.63, 3.8) is 0 Å². The van der Waals surface area contributed by atoms with E-state index in [2.05, 4.69) is 33.7 Å². The molecule has 0 aliphatic heterocycles. The van der Waals surface area contributed by atoms with E-state index in [9.17, 15) is 8.42 Å².